The number of benzene rings is 11. The van der Waals surface area contributed by atoms with E-state index in [2.05, 4.69) is 343 Å². The molecule has 88 heavy (non-hydrogen) atoms. The molecule has 0 spiro atoms. The van der Waals surface area contributed by atoms with Crippen LogP contribution >= 0.6 is 0 Å². The van der Waals surface area contributed by atoms with Crippen LogP contribution in [0.5, 0.6) is 0 Å². The first-order valence-electron chi connectivity index (χ1n) is 32.3. The summed E-state index contributed by atoms with van der Waals surface area (Å²) in [7, 11) is 0. The van der Waals surface area contributed by atoms with Crippen LogP contribution < -0.4 is 4.90 Å². The number of hydrogen-bond acceptors (Lipinski definition) is 1. The summed E-state index contributed by atoms with van der Waals surface area (Å²) in [6.45, 7) is 49.0. The highest BCUT2D eigenvalue weighted by Gasteiger charge is 2.28. The minimum atomic E-state index is -0.141. The van der Waals surface area contributed by atoms with Gasteiger partial charge >= 0.3 is 0 Å². The van der Waals surface area contributed by atoms with Gasteiger partial charge in [-0.25, -0.2) is 0 Å². The van der Waals surface area contributed by atoms with Crippen molar-refractivity contribution in [3.05, 3.63) is 227 Å². The molecule has 0 aliphatic rings. The topological polar surface area (TPSA) is 8.17 Å². The fourth-order valence-corrected chi connectivity index (χ4v) is 13.1. The Morgan fingerprint density at radius 3 is 1.01 bits per heavy atom. The zero-order valence-corrected chi connectivity index (χ0v) is 56.8. The Balaban J connectivity index is 1.07. The molecule has 0 unspecified atom stereocenters. The first kappa shape index (κ1) is 60.3. The third-order valence-electron chi connectivity index (χ3n) is 19.0. The van der Waals surface area contributed by atoms with Crippen LogP contribution in [0.4, 0.5) is 17.1 Å². The van der Waals surface area contributed by atoms with E-state index in [4.69, 9.17) is 0 Å². The Bertz CT molecular complexity index is 4520. The molecule has 0 radical (unpaired) electrons. The number of rotatable bonds is 7. The van der Waals surface area contributed by atoms with Gasteiger partial charge in [-0.05, 0) is 192 Å². The van der Waals surface area contributed by atoms with Gasteiger partial charge in [0.25, 0.3) is 0 Å². The van der Waals surface area contributed by atoms with Crippen LogP contribution in [0.1, 0.15) is 184 Å². The van der Waals surface area contributed by atoms with Gasteiger partial charge in [0.05, 0.1) is 22.4 Å². The van der Waals surface area contributed by atoms with Crippen molar-refractivity contribution in [3.8, 4) is 39.1 Å². The number of nitrogens with zero attached hydrogens (tertiary/aromatic N) is 2. The first-order valence-corrected chi connectivity index (χ1v) is 32.3. The van der Waals surface area contributed by atoms with E-state index in [-0.39, 0.29) is 37.9 Å². The number of anilines is 3. The molecule has 2 nitrogen and oxygen atoms in total. The van der Waals surface area contributed by atoms with Crippen LogP contribution in [0.3, 0.4) is 0 Å². The van der Waals surface area contributed by atoms with Crippen LogP contribution in [0.25, 0.3) is 93.2 Å². The summed E-state index contributed by atoms with van der Waals surface area (Å²) in [6, 6.07) is 73.9. The van der Waals surface area contributed by atoms with Crippen molar-refractivity contribution < 1.29 is 0 Å². The SMILES string of the molecule is CC(C)(C)c1cc(-c2cc(C(C)(C)C)cc(C(C)(C)C)c2)cc(N(c2ccc(-c3ccc(-c4cc(C(C)(C)C)cc(C(C)(C)C)c4)cc3)cc2)c2ccc3ccc4c(-n5c6ccc(C(C)(C)C)cc6c6cc(C(C)(C)C)ccc65)ccc5ccc2c3c54)c1. The molecule has 1 heterocycles. The average Bonchev–Trinajstić information content (AvgIpc) is 1.28. The molecule has 11 aromatic carbocycles. The molecule has 0 N–H and O–H groups in total. The number of hydrogen-bond donors (Lipinski definition) is 0. The van der Waals surface area contributed by atoms with Gasteiger partial charge in [0, 0.05) is 32.9 Å². The molecule has 0 saturated carbocycles. The van der Waals surface area contributed by atoms with Crippen molar-refractivity contribution >= 4 is 71.2 Å². The second-order valence-corrected chi connectivity index (χ2v) is 33.0. The van der Waals surface area contributed by atoms with Gasteiger partial charge in [0.15, 0.2) is 0 Å². The first-order chi connectivity index (χ1) is 41.0. The molecule has 2 heteroatoms. The molecule has 0 atom stereocenters. The Hall–Kier alpha value is -7.94. The Morgan fingerprint density at radius 1 is 0.239 bits per heavy atom. The number of aromatic nitrogens is 1. The average molecular weight is 1160 g/mol. The molecule has 0 aliphatic carbocycles. The largest absolute Gasteiger partial charge is 0.310 e. The molecule has 0 aliphatic heterocycles. The predicted octanol–water partition coefficient (Wildman–Crippen LogP) is 25.2. The van der Waals surface area contributed by atoms with Crippen LogP contribution in [0.2, 0.25) is 0 Å². The summed E-state index contributed by atoms with van der Waals surface area (Å²) < 4.78 is 2.55. The normalized spacial score (nSPS) is 13.3. The molecule has 0 saturated heterocycles. The fraction of sp³-hybridized carbons (Fsp3) is 0.326. The van der Waals surface area contributed by atoms with E-state index in [0.717, 1.165) is 17.1 Å². The van der Waals surface area contributed by atoms with E-state index in [9.17, 15) is 0 Å². The molecule has 0 bridgehead atoms. The Kier molecular flexibility index (Phi) is 14.3. The summed E-state index contributed by atoms with van der Waals surface area (Å²) in [5.74, 6) is 0. The maximum atomic E-state index is 2.55. The summed E-state index contributed by atoms with van der Waals surface area (Å²) in [6.07, 6.45) is 0. The lowest BCUT2D eigenvalue weighted by Crippen LogP contribution is -2.17. The third kappa shape index (κ3) is 11.1. The molecule has 12 aromatic rings. The van der Waals surface area contributed by atoms with Gasteiger partial charge in [-0.2, -0.15) is 0 Å². The van der Waals surface area contributed by atoms with E-state index in [0.29, 0.717) is 0 Å². The smallest absolute Gasteiger partial charge is 0.0541 e. The summed E-state index contributed by atoms with van der Waals surface area (Å²) >= 11 is 0. The maximum absolute atomic E-state index is 2.55. The van der Waals surface area contributed by atoms with Crippen LogP contribution in [-0.2, 0) is 37.9 Å². The molecular weight excluding hydrogens is 1060 g/mol. The monoisotopic (exact) mass is 1150 g/mol. The van der Waals surface area contributed by atoms with Crippen LogP contribution in [-0.4, -0.2) is 4.57 Å². The molecular formula is C86H94N2. The standard InChI is InChI=1S/C86H94N2/c1-80(2,3)61-32-40-76-72(51-61)73-52-62(81(4,5)6)33-41-77(73)88(76)75-39-31-57-28-36-70-74(38-30-56-29-37-71(75)79(57)78(56)70)87(69-47-60(46-67(50-69)86(19,20)21)59-44-65(84(13,14)15)49-66(45-59)85(16,17)18)68-34-26-54(27-35-68)53-22-24-55(25-23-53)58-42-63(82(7,8)9)48-64(43-58)83(10,11)12/h22-52H,1-21H3. The van der Waals surface area contributed by atoms with Crippen LogP contribution in [0.15, 0.2) is 188 Å². The number of fused-ring (bicyclic) bond motifs is 3. The summed E-state index contributed by atoms with van der Waals surface area (Å²) in [5.41, 5.74) is 23.7. The predicted molar refractivity (Wildman–Crippen MR) is 386 cm³/mol. The highest BCUT2D eigenvalue weighted by Crippen LogP contribution is 2.49. The van der Waals surface area contributed by atoms with Crippen molar-refractivity contribution in [2.45, 2.75) is 183 Å². The van der Waals surface area contributed by atoms with E-state index in [1.54, 1.807) is 0 Å². The Morgan fingerprint density at radius 2 is 0.580 bits per heavy atom. The lowest BCUT2D eigenvalue weighted by atomic mass is 9.78. The molecule has 0 fully saturated rings. The van der Waals surface area contributed by atoms with Crippen molar-refractivity contribution in [2.75, 3.05) is 4.90 Å². The van der Waals surface area contributed by atoms with Gasteiger partial charge in [-0.3, -0.25) is 0 Å². The molecule has 12 rings (SSSR count). The van der Waals surface area contributed by atoms with Crippen LogP contribution in [0, 0.1) is 0 Å². The third-order valence-corrected chi connectivity index (χ3v) is 19.0. The zero-order valence-electron chi connectivity index (χ0n) is 56.8. The van der Waals surface area contributed by atoms with Crippen molar-refractivity contribution in [1.29, 1.82) is 0 Å². The molecule has 0 amide bonds. The lowest BCUT2D eigenvalue weighted by Gasteiger charge is -2.31. The van der Waals surface area contributed by atoms with Gasteiger partial charge in [0.2, 0.25) is 0 Å². The van der Waals surface area contributed by atoms with Crippen molar-refractivity contribution in [1.82, 2.24) is 4.57 Å². The van der Waals surface area contributed by atoms with E-state index < -0.39 is 0 Å². The van der Waals surface area contributed by atoms with Crippen molar-refractivity contribution in [2.24, 2.45) is 0 Å². The van der Waals surface area contributed by atoms with Gasteiger partial charge in [0.1, 0.15) is 0 Å². The van der Waals surface area contributed by atoms with Gasteiger partial charge in [-0.15, -0.1) is 0 Å². The quantitative estimate of drug-likeness (QED) is 0.144. The van der Waals surface area contributed by atoms with Gasteiger partial charge in [-0.1, -0.05) is 273 Å². The highest BCUT2D eigenvalue weighted by molar-refractivity contribution is 6.27. The molecule has 1 aromatic heterocycles. The second kappa shape index (κ2) is 20.8. The summed E-state index contributed by atoms with van der Waals surface area (Å²) in [4.78, 5) is 2.55. The zero-order chi connectivity index (χ0) is 63.2. The second-order valence-electron chi connectivity index (χ2n) is 33.0. The minimum Gasteiger partial charge on any atom is -0.310 e. The Labute approximate surface area is 527 Å². The maximum Gasteiger partial charge on any atom is 0.0541 e. The fourth-order valence-electron chi connectivity index (χ4n) is 13.1. The van der Waals surface area contributed by atoms with Crippen molar-refractivity contribution in [3.63, 3.8) is 0 Å². The highest BCUT2D eigenvalue weighted by atomic mass is 15.1. The van der Waals surface area contributed by atoms with E-state index in [1.165, 1.54) is 132 Å². The molecule has 448 valence electrons. The van der Waals surface area contributed by atoms with E-state index in [1.807, 2.05) is 0 Å². The van der Waals surface area contributed by atoms with E-state index >= 15 is 0 Å². The summed E-state index contributed by atoms with van der Waals surface area (Å²) in [5, 5.41) is 10.1. The minimum absolute atomic E-state index is 0.0111. The lowest BCUT2D eigenvalue weighted by molar-refractivity contribution is 0.568. The van der Waals surface area contributed by atoms with Gasteiger partial charge < -0.3 is 9.47 Å².